The molecule has 0 saturated carbocycles. The number of hydrogen-bond donors (Lipinski definition) is 0. The summed E-state index contributed by atoms with van der Waals surface area (Å²) in [7, 11) is 0. The first-order chi connectivity index (χ1) is 6.79. The average molecular weight is 273 g/mol. The molecule has 0 bridgehead atoms. The van der Waals surface area contributed by atoms with E-state index in [1.807, 2.05) is 18.2 Å². The third-order valence-corrected chi connectivity index (χ3v) is 4.13. The SMILES string of the molecule is O=Cc1ccc(SC2COC2)c(Br)c1. The number of aldehydes is 1. The minimum Gasteiger partial charge on any atom is -0.379 e. The molecule has 4 heteroatoms. The molecule has 74 valence electrons. The molecule has 1 fully saturated rings. The molecule has 0 atom stereocenters. The van der Waals surface area contributed by atoms with E-state index < -0.39 is 0 Å². The van der Waals surface area contributed by atoms with E-state index in [2.05, 4.69) is 15.9 Å². The lowest BCUT2D eigenvalue weighted by Crippen LogP contribution is -2.30. The summed E-state index contributed by atoms with van der Waals surface area (Å²) in [6.07, 6.45) is 0.853. The second kappa shape index (κ2) is 4.47. The van der Waals surface area contributed by atoms with E-state index in [1.54, 1.807) is 11.8 Å². The van der Waals surface area contributed by atoms with Crippen LogP contribution in [0.3, 0.4) is 0 Å². The normalized spacial score (nSPS) is 16.4. The number of benzene rings is 1. The molecule has 1 aromatic carbocycles. The molecule has 1 saturated heterocycles. The second-order valence-electron chi connectivity index (χ2n) is 3.09. The topological polar surface area (TPSA) is 26.3 Å². The van der Waals surface area contributed by atoms with Crippen LogP contribution < -0.4 is 0 Å². The quantitative estimate of drug-likeness (QED) is 0.792. The van der Waals surface area contributed by atoms with Gasteiger partial charge < -0.3 is 4.74 Å². The van der Waals surface area contributed by atoms with Crippen molar-refractivity contribution >= 4 is 34.0 Å². The zero-order valence-corrected chi connectivity index (χ0v) is 9.81. The summed E-state index contributed by atoms with van der Waals surface area (Å²) < 4.78 is 6.08. The van der Waals surface area contributed by atoms with E-state index in [0.717, 1.165) is 24.0 Å². The minimum absolute atomic E-state index is 0.563. The molecule has 2 rings (SSSR count). The minimum atomic E-state index is 0.563. The molecule has 1 aromatic rings. The Morgan fingerprint density at radius 2 is 2.29 bits per heavy atom. The highest BCUT2D eigenvalue weighted by Crippen LogP contribution is 2.33. The number of halogens is 1. The van der Waals surface area contributed by atoms with E-state index in [-0.39, 0.29) is 0 Å². The van der Waals surface area contributed by atoms with Crippen molar-refractivity contribution in [3.63, 3.8) is 0 Å². The van der Waals surface area contributed by atoms with Gasteiger partial charge in [-0.15, -0.1) is 11.8 Å². The van der Waals surface area contributed by atoms with Crippen LogP contribution in [0.15, 0.2) is 27.6 Å². The van der Waals surface area contributed by atoms with Crippen LogP contribution in [0, 0.1) is 0 Å². The fourth-order valence-electron chi connectivity index (χ4n) is 1.15. The summed E-state index contributed by atoms with van der Waals surface area (Å²) in [5.74, 6) is 0. The maximum absolute atomic E-state index is 10.5. The van der Waals surface area contributed by atoms with Crippen LogP contribution in [0.2, 0.25) is 0 Å². The summed E-state index contributed by atoms with van der Waals surface area (Å²) >= 11 is 5.24. The molecule has 2 nitrogen and oxygen atoms in total. The molecule has 14 heavy (non-hydrogen) atoms. The molecule has 1 aliphatic heterocycles. The Balaban J connectivity index is 2.12. The predicted octanol–water partition coefficient (Wildman–Crippen LogP) is 2.75. The zero-order chi connectivity index (χ0) is 9.97. The highest BCUT2D eigenvalue weighted by molar-refractivity contribution is 9.10. The molecule has 0 amide bonds. The second-order valence-corrected chi connectivity index (χ2v) is 5.28. The number of carbonyl (C=O) groups is 1. The molecule has 0 unspecified atom stereocenters. The molecule has 0 aliphatic carbocycles. The maximum atomic E-state index is 10.5. The standard InChI is InChI=1S/C10H9BrO2S/c11-9-3-7(4-12)1-2-10(9)14-8-5-13-6-8/h1-4,8H,5-6H2. The van der Waals surface area contributed by atoms with Gasteiger partial charge in [-0.2, -0.15) is 0 Å². The summed E-state index contributed by atoms with van der Waals surface area (Å²) in [4.78, 5) is 11.7. The van der Waals surface area contributed by atoms with Crippen molar-refractivity contribution in [2.45, 2.75) is 10.1 Å². The Bertz CT molecular complexity index is 350. The van der Waals surface area contributed by atoms with Crippen LogP contribution in [-0.2, 0) is 4.74 Å². The lowest BCUT2D eigenvalue weighted by molar-refractivity contribution is 0.0455. The van der Waals surface area contributed by atoms with Gasteiger partial charge in [0.25, 0.3) is 0 Å². The molecule has 0 radical (unpaired) electrons. The molecule has 1 aliphatic rings. The van der Waals surface area contributed by atoms with Gasteiger partial charge in [-0.1, -0.05) is 6.07 Å². The van der Waals surface area contributed by atoms with Gasteiger partial charge in [-0.25, -0.2) is 0 Å². The van der Waals surface area contributed by atoms with Crippen molar-refractivity contribution in [3.8, 4) is 0 Å². The highest BCUT2D eigenvalue weighted by atomic mass is 79.9. The lowest BCUT2D eigenvalue weighted by atomic mass is 10.2. The Kier molecular flexibility index (Phi) is 3.26. The van der Waals surface area contributed by atoms with Crippen molar-refractivity contribution in [1.82, 2.24) is 0 Å². The summed E-state index contributed by atoms with van der Waals surface area (Å²) in [5, 5.41) is 0.563. The van der Waals surface area contributed by atoms with Gasteiger partial charge in [0.1, 0.15) is 6.29 Å². The van der Waals surface area contributed by atoms with Crippen molar-refractivity contribution in [2.75, 3.05) is 13.2 Å². The molecular weight excluding hydrogens is 264 g/mol. The van der Waals surface area contributed by atoms with Crippen molar-refractivity contribution in [2.24, 2.45) is 0 Å². The number of hydrogen-bond acceptors (Lipinski definition) is 3. The van der Waals surface area contributed by atoms with Crippen LogP contribution in [0.1, 0.15) is 10.4 Å². The highest BCUT2D eigenvalue weighted by Gasteiger charge is 2.20. The van der Waals surface area contributed by atoms with E-state index in [0.29, 0.717) is 10.8 Å². The Morgan fingerprint density at radius 1 is 1.50 bits per heavy atom. The first-order valence-electron chi connectivity index (χ1n) is 4.29. The fraction of sp³-hybridized carbons (Fsp3) is 0.300. The largest absolute Gasteiger partial charge is 0.379 e. The van der Waals surface area contributed by atoms with Crippen LogP contribution in [-0.4, -0.2) is 24.7 Å². The monoisotopic (exact) mass is 272 g/mol. The van der Waals surface area contributed by atoms with Crippen LogP contribution >= 0.6 is 27.7 Å². The van der Waals surface area contributed by atoms with Gasteiger partial charge in [0.15, 0.2) is 0 Å². The van der Waals surface area contributed by atoms with E-state index in [9.17, 15) is 4.79 Å². The third-order valence-electron chi connectivity index (χ3n) is 1.99. The van der Waals surface area contributed by atoms with Gasteiger partial charge >= 0.3 is 0 Å². The summed E-state index contributed by atoms with van der Waals surface area (Å²) in [5.41, 5.74) is 0.700. The molecule has 1 heterocycles. The number of carbonyl (C=O) groups excluding carboxylic acids is 1. The van der Waals surface area contributed by atoms with Crippen LogP contribution in [0.4, 0.5) is 0 Å². The van der Waals surface area contributed by atoms with Gasteiger partial charge in [0.2, 0.25) is 0 Å². The van der Waals surface area contributed by atoms with Gasteiger partial charge in [0.05, 0.1) is 18.5 Å². The number of rotatable bonds is 3. The Labute approximate surface area is 95.2 Å². The number of thioether (sulfide) groups is 1. The van der Waals surface area contributed by atoms with Gasteiger partial charge in [-0.3, -0.25) is 4.79 Å². The lowest BCUT2D eigenvalue weighted by Gasteiger charge is -2.25. The van der Waals surface area contributed by atoms with Crippen molar-refractivity contribution < 1.29 is 9.53 Å². The van der Waals surface area contributed by atoms with E-state index >= 15 is 0 Å². The van der Waals surface area contributed by atoms with Gasteiger partial charge in [0, 0.05) is 14.9 Å². The van der Waals surface area contributed by atoms with E-state index in [4.69, 9.17) is 4.74 Å². The summed E-state index contributed by atoms with van der Waals surface area (Å²) in [6.45, 7) is 1.65. The molecule has 0 aromatic heterocycles. The van der Waals surface area contributed by atoms with Crippen molar-refractivity contribution in [3.05, 3.63) is 28.2 Å². The first-order valence-corrected chi connectivity index (χ1v) is 5.96. The van der Waals surface area contributed by atoms with Crippen LogP contribution in [0.25, 0.3) is 0 Å². The zero-order valence-electron chi connectivity index (χ0n) is 7.40. The molecule has 0 N–H and O–H groups in total. The average Bonchev–Trinajstić information content (AvgIpc) is 2.13. The smallest absolute Gasteiger partial charge is 0.150 e. The number of ether oxygens (including phenoxy) is 1. The fourth-order valence-corrected chi connectivity index (χ4v) is 2.83. The third kappa shape index (κ3) is 2.19. The maximum Gasteiger partial charge on any atom is 0.150 e. The molecule has 0 spiro atoms. The summed E-state index contributed by atoms with van der Waals surface area (Å²) in [6, 6.07) is 5.64. The molecular formula is C10H9BrO2S. The van der Waals surface area contributed by atoms with Crippen LogP contribution in [0.5, 0.6) is 0 Å². The Morgan fingerprint density at radius 3 is 2.79 bits per heavy atom. The van der Waals surface area contributed by atoms with Crippen molar-refractivity contribution in [1.29, 1.82) is 0 Å². The van der Waals surface area contributed by atoms with E-state index in [1.165, 1.54) is 4.90 Å². The Hall–Kier alpha value is -0.320. The first kappa shape index (κ1) is 10.2. The van der Waals surface area contributed by atoms with Gasteiger partial charge in [-0.05, 0) is 28.1 Å². The predicted molar refractivity (Wildman–Crippen MR) is 60.0 cm³/mol.